The lowest BCUT2D eigenvalue weighted by molar-refractivity contribution is -0.123. The summed E-state index contributed by atoms with van der Waals surface area (Å²) in [6, 6.07) is 5.82. The summed E-state index contributed by atoms with van der Waals surface area (Å²) >= 11 is 0. The number of benzene rings is 1. The van der Waals surface area contributed by atoms with Crippen LogP contribution in [0.2, 0.25) is 0 Å². The molecule has 19 heavy (non-hydrogen) atoms. The Balaban J connectivity index is 2.14. The highest BCUT2D eigenvalue weighted by atomic mass is 16.5. The molecule has 1 fully saturated rings. The van der Waals surface area contributed by atoms with Gasteiger partial charge < -0.3 is 14.8 Å². The number of methoxy groups -OCH3 is 2. The number of hydrogen-bond donors (Lipinski definition) is 1. The zero-order valence-electron chi connectivity index (χ0n) is 11.7. The SMILES string of the molecule is CC[C@@H](NC(=O)C1CC1)c1ccc(OC)c(OC)c1. The van der Waals surface area contributed by atoms with Gasteiger partial charge in [-0.1, -0.05) is 13.0 Å². The van der Waals surface area contributed by atoms with Crippen molar-refractivity contribution < 1.29 is 14.3 Å². The van der Waals surface area contributed by atoms with Crippen LogP contribution in [0.3, 0.4) is 0 Å². The third-order valence-electron chi connectivity index (χ3n) is 3.48. The summed E-state index contributed by atoms with van der Waals surface area (Å²) in [5.74, 6) is 1.80. The van der Waals surface area contributed by atoms with Gasteiger partial charge in [-0.2, -0.15) is 0 Å². The van der Waals surface area contributed by atoms with Crippen molar-refractivity contribution in [3.8, 4) is 11.5 Å². The lowest BCUT2D eigenvalue weighted by Crippen LogP contribution is -2.29. The number of hydrogen-bond acceptors (Lipinski definition) is 3. The molecule has 1 saturated carbocycles. The Morgan fingerprint density at radius 1 is 1.32 bits per heavy atom. The van der Waals surface area contributed by atoms with E-state index in [9.17, 15) is 4.79 Å². The summed E-state index contributed by atoms with van der Waals surface area (Å²) in [5, 5.41) is 3.10. The van der Waals surface area contributed by atoms with Crippen LogP contribution in [0, 0.1) is 5.92 Å². The molecule has 1 aromatic rings. The zero-order valence-corrected chi connectivity index (χ0v) is 11.7. The number of ether oxygens (including phenoxy) is 2. The predicted octanol–water partition coefficient (Wildman–Crippen LogP) is 2.68. The van der Waals surface area contributed by atoms with Crippen LogP contribution >= 0.6 is 0 Å². The first kappa shape index (κ1) is 13.7. The number of carbonyl (C=O) groups excluding carboxylic acids is 1. The van der Waals surface area contributed by atoms with Crippen LogP contribution in [0.4, 0.5) is 0 Å². The van der Waals surface area contributed by atoms with Gasteiger partial charge in [0.15, 0.2) is 11.5 Å². The van der Waals surface area contributed by atoms with Crippen molar-refractivity contribution in [1.29, 1.82) is 0 Å². The molecular formula is C15H21NO3. The molecule has 0 aliphatic heterocycles. The van der Waals surface area contributed by atoms with Crippen LogP contribution in [0.25, 0.3) is 0 Å². The first-order valence-electron chi connectivity index (χ1n) is 6.71. The molecule has 4 nitrogen and oxygen atoms in total. The summed E-state index contributed by atoms with van der Waals surface area (Å²) in [6.07, 6.45) is 2.90. The van der Waals surface area contributed by atoms with Crippen molar-refractivity contribution in [1.82, 2.24) is 5.32 Å². The number of rotatable bonds is 6. The molecule has 0 radical (unpaired) electrons. The van der Waals surface area contributed by atoms with Gasteiger partial charge in [-0.05, 0) is 37.0 Å². The molecule has 0 heterocycles. The molecule has 1 amide bonds. The van der Waals surface area contributed by atoms with Crippen LogP contribution in [-0.4, -0.2) is 20.1 Å². The Bertz CT molecular complexity index is 455. The van der Waals surface area contributed by atoms with Crippen molar-refractivity contribution >= 4 is 5.91 Å². The van der Waals surface area contributed by atoms with E-state index in [1.54, 1.807) is 14.2 Å². The molecule has 1 aromatic carbocycles. The molecule has 0 bridgehead atoms. The van der Waals surface area contributed by atoms with E-state index in [0.717, 1.165) is 24.8 Å². The lowest BCUT2D eigenvalue weighted by Gasteiger charge is -2.19. The molecular weight excluding hydrogens is 242 g/mol. The third kappa shape index (κ3) is 3.19. The van der Waals surface area contributed by atoms with E-state index in [1.807, 2.05) is 18.2 Å². The van der Waals surface area contributed by atoms with Crippen molar-refractivity contribution in [2.45, 2.75) is 32.2 Å². The van der Waals surface area contributed by atoms with Crippen LogP contribution in [0.5, 0.6) is 11.5 Å². The fourth-order valence-electron chi connectivity index (χ4n) is 2.13. The van der Waals surface area contributed by atoms with Gasteiger partial charge in [-0.15, -0.1) is 0 Å². The Hall–Kier alpha value is -1.71. The van der Waals surface area contributed by atoms with E-state index in [0.29, 0.717) is 11.5 Å². The molecule has 1 atom stereocenters. The third-order valence-corrected chi connectivity index (χ3v) is 3.48. The average molecular weight is 263 g/mol. The van der Waals surface area contributed by atoms with Gasteiger partial charge in [0.05, 0.1) is 20.3 Å². The first-order chi connectivity index (χ1) is 9.19. The van der Waals surface area contributed by atoms with E-state index in [1.165, 1.54) is 0 Å². The maximum absolute atomic E-state index is 11.9. The normalized spacial score (nSPS) is 15.7. The lowest BCUT2D eigenvalue weighted by atomic mass is 10.0. The Labute approximate surface area is 114 Å². The van der Waals surface area contributed by atoms with Crippen LogP contribution in [0.15, 0.2) is 18.2 Å². The summed E-state index contributed by atoms with van der Waals surface area (Å²) in [7, 11) is 3.23. The summed E-state index contributed by atoms with van der Waals surface area (Å²) < 4.78 is 10.5. The van der Waals surface area contributed by atoms with Crippen molar-refractivity contribution in [3.05, 3.63) is 23.8 Å². The second kappa shape index (κ2) is 5.95. The van der Waals surface area contributed by atoms with E-state index in [2.05, 4.69) is 12.2 Å². The minimum absolute atomic E-state index is 0.0351. The highest BCUT2D eigenvalue weighted by molar-refractivity contribution is 5.81. The van der Waals surface area contributed by atoms with Gasteiger partial charge in [-0.3, -0.25) is 4.79 Å². The van der Waals surface area contributed by atoms with E-state index < -0.39 is 0 Å². The molecule has 1 N–H and O–H groups in total. The highest BCUT2D eigenvalue weighted by Gasteiger charge is 2.31. The number of amides is 1. The zero-order chi connectivity index (χ0) is 13.8. The van der Waals surface area contributed by atoms with Crippen LogP contribution < -0.4 is 14.8 Å². The predicted molar refractivity (Wildman–Crippen MR) is 73.4 cm³/mol. The van der Waals surface area contributed by atoms with Gasteiger partial charge in [0, 0.05) is 5.92 Å². The van der Waals surface area contributed by atoms with E-state index >= 15 is 0 Å². The van der Waals surface area contributed by atoms with E-state index in [-0.39, 0.29) is 17.9 Å². The molecule has 0 unspecified atom stereocenters. The molecule has 4 heteroatoms. The van der Waals surface area contributed by atoms with E-state index in [4.69, 9.17) is 9.47 Å². The molecule has 0 spiro atoms. The highest BCUT2D eigenvalue weighted by Crippen LogP contribution is 2.33. The van der Waals surface area contributed by atoms with Gasteiger partial charge >= 0.3 is 0 Å². The topological polar surface area (TPSA) is 47.6 Å². The van der Waals surface area contributed by atoms with Crippen LogP contribution in [-0.2, 0) is 4.79 Å². The van der Waals surface area contributed by atoms with Crippen molar-refractivity contribution in [2.24, 2.45) is 5.92 Å². The standard InChI is InChI=1S/C15H21NO3/c1-4-12(16-15(17)10-5-6-10)11-7-8-13(18-2)14(9-11)19-3/h7-10,12H,4-6H2,1-3H3,(H,16,17)/t12-/m1/s1. The molecule has 0 saturated heterocycles. The maximum atomic E-state index is 11.9. The van der Waals surface area contributed by atoms with Gasteiger partial charge in [0.2, 0.25) is 5.91 Å². The monoisotopic (exact) mass is 263 g/mol. The summed E-state index contributed by atoms with van der Waals surface area (Å²) in [6.45, 7) is 2.06. The molecule has 104 valence electrons. The first-order valence-corrected chi connectivity index (χ1v) is 6.71. The Morgan fingerprint density at radius 2 is 2.00 bits per heavy atom. The molecule has 1 aliphatic rings. The van der Waals surface area contributed by atoms with Crippen molar-refractivity contribution in [2.75, 3.05) is 14.2 Å². The second-order valence-corrected chi connectivity index (χ2v) is 4.86. The largest absolute Gasteiger partial charge is 0.493 e. The van der Waals surface area contributed by atoms with Gasteiger partial charge in [0.25, 0.3) is 0 Å². The molecule has 2 rings (SSSR count). The summed E-state index contributed by atoms with van der Waals surface area (Å²) in [5.41, 5.74) is 1.05. The van der Waals surface area contributed by atoms with Gasteiger partial charge in [0.1, 0.15) is 0 Å². The smallest absolute Gasteiger partial charge is 0.223 e. The minimum atomic E-state index is 0.0351. The second-order valence-electron chi connectivity index (χ2n) is 4.86. The Kier molecular flexibility index (Phi) is 4.30. The Morgan fingerprint density at radius 3 is 2.53 bits per heavy atom. The minimum Gasteiger partial charge on any atom is -0.493 e. The average Bonchev–Trinajstić information content (AvgIpc) is 3.28. The fraction of sp³-hybridized carbons (Fsp3) is 0.533. The van der Waals surface area contributed by atoms with Gasteiger partial charge in [-0.25, -0.2) is 0 Å². The molecule has 0 aromatic heterocycles. The quantitative estimate of drug-likeness (QED) is 0.858. The van der Waals surface area contributed by atoms with Crippen molar-refractivity contribution in [3.63, 3.8) is 0 Å². The number of nitrogens with one attached hydrogen (secondary N) is 1. The number of carbonyl (C=O) groups is 1. The fourth-order valence-corrected chi connectivity index (χ4v) is 2.13. The summed E-state index contributed by atoms with van der Waals surface area (Å²) in [4.78, 5) is 11.9. The maximum Gasteiger partial charge on any atom is 0.223 e. The molecule has 1 aliphatic carbocycles. The van der Waals surface area contributed by atoms with Crippen LogP contribution in [0.1, 0.15) is 37.8 Å².